The van der Waals surface area contributed by atoms with Crippen LogP contribution in [0.1, 0.15) is 73.3 Å². The highest BCUT2D eigenvalue weighted by Crippen LogP contribution is 2.52. The van der Waals surface area contributed by atoms with Gasteiger partial charge in [-0.3, -0.25) is 0 Å². The molecule has 0 aliphatic heterocycles. The first-order chi connectivity index (χ1) is 29.0. The SMILES string of the molecule is CC(C)c1ccc(N(c2ccccc2)c2c3ccccc3c(N(c3ccccc3)c3ccc(C(C)C)cc3)c3cc(C(c4ccccc4)c4ccccc4)ccc23)cc1. The maximum absolute atomic E-state index is 2.48. The van der Waals surface area contributed by atoms with Crippen molar-refractivity contribution in [2.45, 2.75) is 45.4 Å². The van der Waals surface area contributed by atoms with Crippen molar-refractivity contribution in [2.75, 3.05) is 9.80 Å². The summed E-state index contributed by atoms with van der Waals surface area (Å²) < 4.78 is 0. The average Bonchev–Trinajstić information content (AvgIpc) is 3.29. The smallest absolute Gasteiger partial charge is 0.0620 e. The van der Waals surface area contributed by atoms with E-state index in [9.17, 15) is 0 Å². The molecule has 0 aliphatic carbocycles. The zero-order valence-electron chi connectivity index (χ0n) is 34.3. The highest BCUT2D eigenvalue weighted by atomic mass is 15.2. The van der Waals surface area contributed by atoms with E-state index in [2.05, 4.69) is 250 Å². The van der Waals surface area contributed by atoms with Crippen LogP contribution in [-0.2, 0) is 0 Å². The first-order valence-corrected chi connectivity index (χ1v) is 20.9. The van der Waals surface area contributed by atoms with E-state index < -0.39 is 0 Å². The Hall–Kier alpha value is -6.90. The highest BCUT2D eigenvalue weighted by molar-refractivity contribution is 6.23. The fourth-order valence-electron chi connectivity index (χ4n) is 8.67. The van der Waals surface area contributed by atoms with Crippen LogP contribution in [0.15, 0.2) is 212 Å². The molecule has 9 aromatic carbocycles. The Kier molecular flexibility index (Phi) is 10.5. The number of fused-ring (bicyclic) bond motifs is 2. The molecular weight excluding hydrogens is 713 g/mol. The lowest BCUT2D eigenvalue weighted by Crippen LogP contribution is -2.15. The number of nitrogens with zero attached hydrogens (tertiary/aromatic N) is 2. The summed E-state index contributed by atoms with van der Waals surface area (Å²) in [5.74, 6) is 0.910. The van der Waals surface area contributed by atoms with Gasteiger partial charge in [0.1, 0.15) is 0 Å². The summed E-state index contributed by atoms with van der Waals surface area (Å²) in [6, 6.07) is 78.2. The summed E-state index contributed by atoms with van der Waals surface area (Å²) >= 11 is 0. The Balaban J connectivity index is 1.42. The van der Waals surface area contributed by atoms with Crippen LogP contribution in [0.3, 0.4) is 0 Å². The van der Waals surface area contributed by atoms with Gasteiger partial charge in [-0.25, -0.2) is 0 Å². The minimum absolute atomic E-state index is 0.0360. The molecule has 0 heterocycles. The second-order valence-corrected chi connectivity index (χ2v) is 16.1. The minimum atomic E-state index is 0.0360. The van der Waals surface area contributed by atoms with E-state index in [0.29, 0.717) is 11.8 Å². The third-order valence-electron chi connectivity index (χ3n) is 11.7. The third-order valence-corrected chi connectivity index (χ3v) is 11.7. The number of anilines is 6. The highest BCUT2D eigenvalue weighted by Gasteiger charge is 2.27. The molecule has 0 bridgehead atoms. The van der Waals surface area contributed by atoms with Crippen molar-refractivity contribution >= 4 is 55.7 Å². The van der Waals surface area contributed by atoms with Crippen LogP contribution in [0.2, 0.25) is 0 Å². The lowest BCUT2D eigenvalue weighted by atomic mass is 9.83. The molecule has 0 radical (unpaired) electrons. The molecule has 0 N–H and O–H groups in total. The van der Waals surface area contributed by atoms with Crippen molar-refractivity contribution in [2.24, 2.45) is 0 Å². The Morgan fingerprint density at radius 3 is 1.00 bits per heavy atom. The van der Waals surface area contributed by atoms with Crippen LogP contribution >= 0.6 is 0 Å². The van der Waals surface area contributed by atoms with E-state index >= 15 is 0 Å². The lowest BCUT2D eigenvalue weighted by molar-refractivity contribution is 0.866. The van der Waals surface area contributed by atoms with E-state index in [1.165, 1.54) is 49.4 Å². The largest absolute Gasteiger partial charge is 0.309 e. The zero-order chi connectivity index (χ0) is 40.3. The molecule has 0 saturated carbocycles. The van der Waals surface area contributed by atoms with E-state index in [0.717, 1.165) is 34.1 Å². The molecule has 0 unspecified atom stereocenters. The van der Waals surface area contributed by atoms with Gasteiger partial charge in [-0.05, 0) is 94.3 Å². The Morgan fingerprint density at radius 1 is 0.271 bits per heavy atom. The van der Waals surface area contributed by atoms with Gasteiger partial charge in [0.05, 0.1) is 11.4 Å². The summed E-state index contributed by atoms with van der Waals surface area (Å²) in [6.07, 6.45) is 0. The van der Waals surface area contributed by atoms with Gasteiger partial charge >= 0.3 is 0 Å². The number of para-hydroxylation sites is 2. The van der Waals surface area contributed by atoms with Gasteiger partial charge in [0, 0.05) is 50.2 Å². The van der Waals surface area contributed by atoms with Gasteiger partial charge in [0.15, 0.2) is 0 Å². The summed E-state index contributed by atoms with van der Waals surface area (Å²) in [6.45, 7) is 9.04. The molecule has 9 aromatic rings. The molecule has 2 heteroatoms. The lowest BCUT2D eigenvalue weighted by Gasteiger charge is -2.33. The van der Waals surface area contributed by atoms with Gasteiger partial charge in [-0.15, -0.1) is 0 Å². The minimum Gasteiger partial charge on any atom is -0.309 e. The molecule has 0 aromatic heterocycles. The molecule has 0 atom stereocenters. The molecule has 0 spiro atoms. The molecule has 0 saturated heterocycles. The topological polar surface area (TPSA) is 6.48 Å². The predicted octanol–water partition coefficient (Wildman–Crippen LogP) is 16.4. The molecule has 288 valence electrons. The van der Waals surface area contributed by atoms with E-state index in [1.807, 2.05) is 0 Å². The number of benzene rings is 9. The Bertz CT molecular complexity index is 2750. The van der Waals surface area contributed by atoms with Crippen LogP contribution in [0.25, 0.3) is 21.5 Å². The fourth-order valence-corrected chi connectivity index (χ4v) is 8.67. The van der Waals surface area contributed by atoms with E-state index in [4.69, 9.17) is 0 Å². The molecule has 59 heavy (non-hydrogen) atoms. The molecule has 9 rings (SSSR count). The Labute approximate surface area is 349 Å². The molecule has 2 nitrogen and oxygen atoms in total. The second-order valence-electron chi connectivity index (χ2n) is 16.1. The standard InChI is InChI=1S/C57H50N2/c1-40(2)42-29-34-49(35-30-42)58(47-23-13-7-14-24-47)56-51-27-17-18-28-52(51)57(59(48-25-15-8-16-26-48)50-36-31-43(32-37-50)41(3)4)54-39-46(33-38-53(54)56)55(44-19-9-5-10-20-44)45-21-11-6-12-22-45/h5-41,55H,1-4H3. The Morgan fingerprint density at radius 2 is 0.593 bits per heavy atom. The van der Waals surface area contributed by atoms with Crippen LogP contribution < -0.4 is 9.80 Å². The van der Waals surface area contributed by atoms with E-state index in [1.54, 1.807) is 0 Å². The summed E-state index contributed by atoms with van der Waals surface area (Å²) in [7, 11) is 0. The van der Waals surface area contributed by atoms with Crippen molar-refractivity contribution < 1.29 is 0 Å². The second kappa shape index (κ2) is 16.5. The zero-order valence-corrected chi connectivity index (χ0v) is 34.3. The molecule has 0 aliphatic rings. The van der Waals surface area contributed by atoms with Crippen LogP contribution in [0.4, 0.5) is 34.1 Å². The monoisotopic (exact) mass is 762 g/mol. The maximum Gasteiger partial charge on any atom is 0.0620 e. The van der Waals surface area contributed by atoms with Crippen molar-refractivity contribution in [3.8, 4) is 0 Å². The third kappa shape index (κ3) is 7.39. The van der Waals surface area contributed by atoms with Gasteiger partial charge in [0.2, 0.25) is 0 Å². The van der Waals surface area contributed by atoms with Crippen molar-refractivity contribution in [3.05, 3.63) is 240 Å². The summed E-state index contributed by atoms with van der Waals surface area (Å²) in [5.41, 5.74) is 13.2. The first-order valence-electron chi connectivity index (χ1n) is 20.9. The van der Waals surface area contributed by atoms with Gasteiger partial charge in [-0.2, -0.15) is 0 Å². The van der Waals surface area contributed by atoms with Gasteiger partial charge in [-0.1, -0.05) is 185 Å². The predicted molar refractivity (Wildman–Crippen MR) is 253 cm³/mol. The normalized spacial score (nSPS) is 11.5. The molecule has 0 fully saturated rings. The summed E-state index contributed by atoms with van der Waals surface area (Å²) in [4.78, 5) is 4.95. The van der Waals surface area contributed by atoms with Gasteiger partial charge in [0.25, 0.3) is 0 Å². The average molecular weight is 763 g/mol. The number of hydrogen-bond donors (Lipinski definition) is 0. The summed E-state index contributed by atoms with van der Waals surface area (Å²) in [5, 5.41) is 4.73. The van der Waals surface area contributed by atoms with E-state index in [-0.39, 0.29) is 5.92 Å². The van der Waals surface area contributed by atoms with Crippen molar-refractivity contribution in [3.63, 3.8) is 0 Å². The fraction of sp³-hybridized carbons (Fsp3) is 0.123. The van der Waals surface area contributed by atoms with Crippen LogP contribution in [0, 0.1) is 0 Å². The number of hydrogen-bond acceptors (Lipinski definition) is 2. The molecule has 0 amide bonds. The van der Waals surface area contributed by atoms with Crippen LogP contribution in [0.5, 0.6) is 0 Å². The van der Waals surface area contributed by atoms with Crippen molar-refractivity contribution in [1.82, 2.24) is 0 Å². The van der Waals surface area contributed by atoms with Crippen LogP contribution in [-0.4, -0.2) is 0 Å². The van der Waals surface area contributed by atoms with Gasteiger partial charge < -0.3 is 9.80 Å². The maximum atomic E-state index is 2.48. The van der Waals surface area contributed by atoms with Crippen molar-refractivity contribution in [1.29, 1.82) is 0 Å². The first kappa shape index (κ1) is 37.7. The quantitative estimate of drug-likeness (QED) is 0.0736. The molecular formula is C57H50N2. The number of rotatable bonds is 11.